The first-order valence-corrected chi connectivity index (χ1v) is 10.9. The van der Waals surface area contributed by atoms with Gasteiger partial charge in [-0.15, -0.1) is 0 Å². The van der Waals surface area contributed by atoms with E-state index in [2.05, 4.69) is 11.1 Å². The molecule has 0 aliphatic carbocycles. The summed E-state index contributed by atoms with van der Waals surface area (Å²) in [6.45, 7) is 6.53. The number of likely N-dealkylation sites (tertiary alicyclic amines) is 1. The van der Waals surface area contributed by atoms with Gasteiger partial charge in [0, 0.05) is 36.2 Å². The fourth-order valence-electron chi connectivity index (χ4n) is 4.10. The maximum absolute atomic E-state index is 15.3. The van der Waals surface area contributed by atoms with Gasteiger partial charge in [-0.2, -0.15) is 0 Å². The van der Waals surface area contributed by atoms with Crippen molar-refractivity contribution in [3.05, 3.63) is 66.4 Å². The van der Waals surface area contributed by atoms with E-state index < -0.39 is 11.8 Å². The third-order valence-electron chi connectivity index (χ3n) is 5.68. The average Bonchev–Trinajstić information content (AvgIpc) is 2.77. The molecule has 5 heteroatoms. The maximum atomic E-state index is 15.3. The van der Waals surface area contributed by atoms with Crippen molar-refractivity contribution < 1.29 is 13.9 Å². The summed E-state index contributed by atoms with van der Waals surface area (Å²) in [7, 11) is 0. The summed E-state index contributed by atoms with van der Waals surface area (Å²) in [4.78, 5) is 18.5. The number of para-hydroxylation sites is 1. The number of pyridine rings is 1. The van der Waals surface area contributed by atoms with Gasteiger partial charge in [0.05, 0.1) is 5.52 Å². The molecule has 0 bridgehead atoms. The van der Waals surface area contributed by atoms with Gasteiger partial charge in [-0.1, -0.05) is 42.5 Å². The molecule has 1 aliphatic rings. The summed E-state index contributed by atoms with van der Waals surface area (Å²) in [5.74, 6) is -0.227. The molecule has 1 aromatic heterocycles. The molecule has 0 N–H and O–H groups in total. The number of fused-ring (bicyclic) bond motifs is 1. The molecule has 0 radical (unpaired) electrons. The number of alkyl halides is 1. The number of carbonyl (C=O) groups is 1. The molecular formula is C26H29FN2O2. The van der Waals surface area contributed by atoms with Gasteiger partial charge in [0.1, 0.15) is 11.8 Å². The smallest absolute Gasteiger partial charge is 0.410 e. The van der Waals surface area contributed by atoms with Crippen LogP contribution in [0.3, 0.4) is 0 Å². The molecule has 2 unspecified atom stereocenters. The van der Waals surface area contributed by atoms with Crippen LogP contribution in [-0.2, 0) is 4.74 Å². The summed E-state index contributed by atoms with van der Waals surface area (Å²) in [5, 5.41) is 1.08. The molecule has 4 rings (SSSR count). The van der Waals surface area contributed by atoms with Gasteiger partial charge < -0.3 is 9.64 Å². The number of benzene rings is 2. The molecule has 4 nitrogen and oxygen atoms in total. The van der Waals surface area contributed by atoms with Crippen LogP contribution >= 0.6 is 0 Å². The Kier molecular flexibility index (Phi) is 5.94. The zero-order valence-corrected chi connectivity index (χ0v) is 18.3. The second-order valence-electron chi connectivity index (χ2n) is 9.27. The van der Waals surface area contributed by atoms with Crippen molar-refractivity contribution in [1.82, 2.24) is 9.88 Å². The highest BCUT2D eigenvalue weighted by Crippen LogP contribution is 2.34. The normalized spacial score (nSPS) is 18.1. The van der Waals surface area contributed by atoms with Crippen LogP contribution in [0.25, 0.3) is 22.0 Å². The largest absolute Gasteiger partial charge is 0.444 e. The van der Waals surface area contributed by atoms with Crippen molar-refractivity contribution in [2.24, 2.45) is 5.92 Å². The lowest BCUT2D eigenvalue weighted by molar-refractivity contribution is 0.0110. The Balaban J connectivity index is 1.46. The van der Waals surface area contributed by atoms with Gasteiger partial charge in [-0.05, 0) is 56.9 Å². The number of hydrogen-bond donors (Lipinski definition) is 0. The van der Waals surface area contributed by atoms with Crippen molar-refractivity contribution in [1.29, 1.82) is 0 Å². The highest BCUT2D eigenvalue weighted by Gasteiger charge is 2.32. The van der Waals surface area contributed by atoms with Crippen molar-refractivity contribution in [3.8, 4) is 11.1 Å². The van der Waals surface area contributed by atoms with Crippen LogP contribution in [0.4, 0.5) is 9.18 Å². The van der Waals surface area contributed by atoms with E-state index in [1.807, 2.05) is 75.5 Å². The van der Waals surface area contributed by atoms with Gasteiger partial charge in [0.2, 0.25) is 0 Å². The molecule has 0 spiro atoms. The fourth-order valence-corrected chi connectivity index (χ4v) is 4.10. The second kappa shape index (κ2) is 8.66. The number of rotatable bonds is 3. The van der Waals surface area contributed by atoms with E-state index in [4.69, 9.17) is 4.74 Å². The number of aromatic nitrogens is 1. The first kappa shape index (κ1) is 21.3. The number of carbonyl (C=O) groups excluding carboxylic acids is 1. The van der Waals surface area contributed by atoms with Crippen molar-refractivity contribution in [2.45, 2.75) is 45.4 Å². The van der Waals surface area contributed by atoms with Gasteiger partial charge >= 0.3 is 6.09 Å². The van der Waals surface area contributed by atoms with Crippen LogP contribution in [0.15, 0.2) is 60.8 Å². The highest BCUT2D eigenvalue weighted by molar-refractivity contribution is 5.83. The maximum Gasteiger partial charge on any atom is 0.410 e. The Hall–Kier alpha value is -2.95. The Labute approximate surface area is 183 Å². The van der Waals surface area contributed by atoms with Crippen LogP contribution < -0.4 is 0 Å². The molecule has 162 valence electrons. The molecule has 0 saturated carbocycles. The molecule has 2 atom stereocenters. The molecule has 1 amide bonds. The monoisotopic (exact) mass is 420 g/mol. The van der Waals surface area contributed by atoms with Gasteiger partial charge in [0.25, 0.3) is 0 Å². The van der Waals surface area contributed by atoms with E-state index in [9.17, 15) is 4.79 Å². The third kappa shape index (κ3) is 5.04. The predicted octanol–water partition coefficient (Wildman–Crippen LogP) is 6.56. The van der Waals surface area contributed by atoms with Crippen LogP contribution in [0.2, 0.25) is 0 Å². The average molecular weight is 421 g/mol. The topological polar surface area (TPSA) is 42.4 Å². The standard InChI is InChI=1S/C26H29FN2O2/c1-26(2,3)31-25(30)29-14-6-8-21(17-29)24(27)19-12-10-18(11-13-19)22-15-20-7-4-5-9-23(20)28-16-22/h4-5,7,9-13,15-16,21,24H,6,8,14,17H2,1-3H3. The minimum Gasteiger partial charge on any atom is -0.444 e. The quantitative estimate of drug-likeness (QED) is 0.482. The summed E-state index contributed by atoms with van der Waals surface area (Å²) in [6, 6.07) is 17.7. The van der Waals surface area contributed by atoms with E-state index in [-0.39, 0.29) is 12.0 Å². The van der Waals surface area contributed by atoms with E-state index in [0.717, 1.165) is 34.9 Å². The van der Waals surface area contributed by atoms with Crippen molar-refractivity contribution in [3.63, 3.8) is 0 Å². The summed E-state index contributed by atoms with van der Waals surface area (Å²) in [5.41, 5.74) is 3.07. The number of halogens is 1. The molecule has 1 saturated heterocycles. The number of ether oxygens (including phenoxy) is 1. The lowest BCUT2D eigenvalue weighted by Crippen LogP contribution is -2.43. The Morgan fingerprint density at radius 3 is 2.61 bits per heavy atom. The Bertz CT molecular complexity index is 1060. The SMILES string of the molecule is CC(C)(C)OC(=O)N1CCCC(C(F)c2ccc(-c3cnc4ccccc4c3)cc2)C1. The number of hydrogen-bond acceptors (Lipinski definition) is 3. The lowest BCUT2D eigenvalue weighted by Gasteiger charge is -2.35. The molecule has 2 heterocycles. The second-order valence-corrected chi connectivity index (χ2v) is 9.27. The molecule has 3 aromatic rings. The zero-order chi connectivity index (χ0) is 22.0. The van der Waals surface area contributed by atoms with Gasteiger partial charge in [-0.25, -0.2) is 9.18 Å². The molecule has 2 aromatic carbocycles. The summed E-state index contributed by atoms with van der Waals surface area (Å²) >= 11 is 0. The van der Waals surface area contributed by atoms with Crippen LogP contribution in [0.5, 0.6) is 0 Å². The highest BCUT2D eigenvalue weighted by atomic mass is 19.1. The van der Waals surface area contributed by atoms with Crippen molar-refractivity contribution in [2.75, 3.05) is 13.1 Å². The summed E-state index contributed by atoms with van der Waals surface area (Å²) < 4.78 is 20.8. The lowest BCUT2D eigenvalue weighted by atomic mass is 9.89. The van der Waals surface area contributed by atoms with Gasteiger partial charge in [0.15, 0.2) is 0 Å². The third-order valence-corrected chi connectivity index (χ3v) is 5.68. The van der Waals surface area contributed by atoms with E-state index in [1.165, 1.54) is 0 Å². The van der Waals surface area contributed by atoms with Crippen LogP contribution in [-0.4, -0.2) is 34.7 Å². The van der Waals surface area contributed by atoms with E-state index in [0.29, 0.717) is 18.7 Å². The van der Waals surface area contributed by atoms with Crippen LogP contribution in [0.1, 0.15) is 45.3 Å². The number of amides is 1. The minimum atomic E-state index is -1.12. The van der Waals surface area contributed by atoms with E-state index in [1.54, 1.807) is 4.90 Å². The molecular weight excluding hydrogens is 391 g/mol. The molecule has 31 heavy (non-hydrogen) atoms. The Morgan fingerprint density at radius 2 is 1.87 bits per heavy atom. The van der Waals surface area contributed by atoms with E-state index >= 15 is 4.39 Å². The zero-order valence-electron chi connectivity index (χ0n) is 18.3. The number of piperidine rings is 1. The minimum absolute atomic E-state index is 0.227. The molecule has 1 fully saturated rings. The fraction of sp³-hybridized carbons (Fsp3) is 0.385. The number of nitrogens with zero attached hydrogens (tertiary/aromatic N) is 2. The first-order chi connectivity index (χ1) is 14.8. The van der Waals surface area contributed by atoms with Gasteiger partial charge in [-0.3, -0.25) is 4.98 Å². The predicted molar refractivity (Wildman–Crippen MR) is 122 cm³/mol. The Morgan fingerprint density at radius 1 is 1.13 bits per heavy atom. The summed E-state index contributed by atoms with van der Waals surface area (Å²) in [6.07, 6.45) is 1.92. The van der Waals surface area contributed by atoms with Crippen LogP contribution in [0, 0.1) is 5.92 Å². The van der Waals surface area contributed by atoms with Crippen molar-refractivity contribution >= 4 is 17.0 Å². The molecule has 1 aliphatic heterocycles. The first-order valence-electron chi connectivity index (χ1n) is 10.9.